The molecule has 2 atom stereocenters. The molecule has 5 nitrogen and oxygen atoms in total. The molecule has 1 aliphatic heterocycles. The lowest BCUT2D eigenvalue weighted by molar-refractivity contribution is -0.118. The molecule has 2 unspecified atom stereocenters. The number of piperidine rings is 1. The average Bonchev–Trinajstić information content (AvgIpc) is 2.62. The highest BCUT2D eigenvalue weighted by atomic mass is 35.5. The van der Waals surface area contributed by atoms with Crippen LogP contribution in [-0.4, -0.2) is 35.8 Å². The van der Waals surface area contributed by atoms with E-state index >= 15 is 0 Å². The van der Waals surface area contributed by atoms with Crippen LogP contribution in [0.3, 0.4) is 0 Å². The van der Waals surface area contributed by atoms with Crippen molar-refractivity contribution in [1.29, 1.82) is 0 Å². The Morgan fingerprint density at radius 2 is 1.92 bits per heavy atom. The van der Waals surface area contributed by atoms with Gasteiger partial charge in [0.2, 0.25) is 5.91 Å². The van der Waals surface area contributed by atoms with Crippen LogP contribution >= 0.6 is 12.4 Å². The fourth-order valence-corrected chi connectivity index (χ4v) is 3.06. The first-order valence-corrected chi connectivity index (χ1v) is 9.29. The minimum absolute atomic E-state index is 0. The molecule has 3 N–H and O–H groups in total. The van der Waals surface area contributed by atoms with Gasteiger partial charge in [-0.1, -0.05) is 27.2 Å². The summed E-state index contributed by atoms with van der Waals surface area (Å²) in [4.78, 5) is 26.8. The van der Waals surface area contributed by atoms with E-state index in [0.717, 1.165) is 37.9 Å². The van der Waals surface area contributed by atoms with Crippen molar-refractivity contribution in [2.45, 2.75) is 53.0 Å². The molecule has 2 rings (SSSR count). The minimum atomic E-state index is -0.527. The standard InChI is InChI=1S/C20H31N3O2.ClH/c1-5-14(3)18(21)19(24)22-17-7-6-16(12-15(17)4)20(25)23-10-8-13(2)9-11-23;/h6-7,12-14,18H,5,8-11,21H2,1-4H3,(H,22,24);1H. The molecule has 146 valence electrons. The number of nitrogens with one attached hydrogen (secondary N) is 1. The number of hydrogen-bond acceptors (Lipinski definition) is 3. The summed E-state index contributed by atoms with van der Waals surface area (Å²) >= 11 is 0. The molecule has 1 fully saturated rings. The van der Waals surface area contributed by atoms with Crippen molar-refractivity contribution >= 4 is 29.9 Å². The number of carbonyl (C=O) groups is 2. The zero-order valence-electron chi connectivity index (χ0n) is 16.2. The number of benzene rings is 1. The lowest BCUT2D eigenvalue weighted by atomic mass is 9.98. The van der Waals surface area contributed by atoms with E-state index in [1.165, 1.54) is 0 Å². The molecular weight excluding hydrogens is 350 g/mol. The maximum absolute atomic E-state index is 12.6. The van der Waals surface area contributed by atoms with E-state index < -0.39 is 6.04 Å². The highest BCUT2D eigenvalue weighted by Crippen LogP contribution is 2.22. The maximum Gasteiger partial charge on any atom is 0.253 e. The number of rotatable bonds is 5. The molecule has 1 aliphatic rings. The molecular formula is C20H32ClN3O2. The smallest absolute Gasteiger partial charge is 0.253 e. The quantitative estimate of drug-likeness (QED) is 0.818. The predicted octanol–water partition coefficient (Wildman–Crippen LogP) is 3.60. The maximum atomic E-state index is 12.6. The van der Waals surface area contributed by atoms with Crippen molar-refractivity contribution in [2.24, 2.45) is 17.6 Å². The van der Waals surface area contributed by atoms with E-state index in [1.54, 1.807) is 12.1 Å². The van der Waals surface area contributed by atoms with E-state index in [9.17, 15) is 9.59 Å². The van der Waals surface area contributed by atoms with E-state index in [-0.39, 0.29) is 30.1 Å². The lowest BCUT2D eigenvalue weighted by Gasteiger charge is -2.30. The van der Waals surface area contributed by atoms with Gasteiger partial charge in [-0.2, -0.15) is 0 Å². The van der Waals surface area contributed by atoms with Gasteiger partial charge in [-0.25, -0.2) is 0 Å². The van der Waals surface area contributed by atoms with Crippen molar-refractivity contribution in [3.05, 3.63) is 29.3 Å². The van der Waals surface area contributed by atoms with Gasteiger partial charge >= 0.3 is 0 Å². The Hall–Kier alpha value is -1.59. The Labute approximate surface area is 163 Å². The summed E-state index contributed by atoms with van der Waals surface area (Å²) in [5.41, 5.74) is 8.25. The molecule has 2 amide bonds. The molecule has 0 spiro atoms. The molecule has 26 heavy (non-hydrogen) atoms. The summed E-state index contributed by atoms with van der Waals surface area (Å²) in [5, 5.41) is 2.89. The molecule has 1 aromatic rings. The Kier molecular flexibility index (Phi) is 8.57. The van der Waals surface area contributed by atoms with Crippen molar-refractivity contribution in [1.82, 2.24) is 4.90 Å². The van der Waals surface area contributed by atoms with Crippen LogP contribution < -0.4 is 11.1 Å². The zero-order chi connectivity index (χ0) is 18.6. The van der Waals surface area contributed by atoms with Crippen molar-refractivity contribution in [2.75, 3.05) is 18.4 Å². The fraction of sp³-hybridized carbons (Fsp3) is 0.600. The molecule has 0 aliphatic carbocycles. The Morgan fingerprint density at radius 1 is 1.31 bits per heavy atom. The SMILES string of the molecule is CCC(C)C(N)C(=O)Nc1ccc(C(=O)N2CCC(C)CC2)cc1C.Cl. The predicted molar refractivity (Wildman–Crippen MR) is 109 cm³/mol. The van der Waals surface area contributed by atoms with Crippen LogP contribution in [0.25, 0.3) is 0 Å². The molecule has 6 heteroatoms. The molecule has 1 heterocycles. The van der Waals surface area contributed by atoms with Crippen LogP contribution in [0.4, 0.5) is 5.69 Å². The average molecular weight is 382 g/mol. The van der Waals surface area contributed by atoms with Crippen LogP contribution in [0, 0.1) is 18.8 Å². The van der Waals surface area contributed by atoms with Crippen molar-refractivity contribution in [3.8, 4) is 0 Å². The van der Waals surface area contributed by atoms with Crippen LogP contribution in [0.15, 0.2) is 18.2 Å². The van der Waals surface area contributed by atoms with E-state index in [2.05, 4.69) is 12.2 Å². The van der Waals surface area contributed by atoms with Gasteiger partial charge in [0.1, 0.15) is 0 Å². The van der Waals surface area contributed by atoms with Gasteiger partial charge in [-0.05, 0) is 55.4 Å². The molecule has 0 aromatic heterocycles. The number of carbonyl (C=O) groups excluding carboxylic acids is 2. The number of nitrogens with two attached hydrogens (primary N) is 1. The number of anilines is 1. The monoisotopic (exact) mass is 381 g/mol. The summed E-state index contributed by atoms with van der Waals surface area (Å²) in [5.74, 6) is 0.714. The Balaban J connectivity index is 0.00000338. The minimum Gasteiger partial charge on any atom is -0.339 e. The number of aryl methyl sites for hydroxylation is 1. The first kappa shape index (κ1) is 22.5. The van der Waals surface area contributed by atoms with Gasteiger partial charge < -0.3 is 16.0 Å². The molecule has 1 saturated heterocycles. The second-order valence-electron chi connectivity index (χ2n) is 7.40. The number of amides is 2. The Bertz CT molecular complexity index is 627. The van der Waals surface area contributed by atoms with Gasteiger partial charge in [0, 0.05) is 24.3 Å². The van der Waals surface area contributed by atoms with Crippen LogP contribution in [-0.2, 0) is 4.79 Å². The van der Waals surface area contributed by atoms with E-state index in [4.69, 9.17) is 5.73 Å². The molecule has 0 bridgehead atoms. The zero-order valence-corrected chi connectivity index (χ0v) is 17.1. The summed E-state index contributed by atoms with van der Waals surface area (Å²) < 4.78 is 0. The number of hydrogen-bond donors (Lipinski definition) is 2. The number of nitrogens with zero attached hydrogens (tertiary/aromatic N) is 1. The fourth-order valence-electron chi connectivity index (χ4n) is 3.06. The normalized spacial score (nSPS) is 17.2. The summed E-state index contributed by atoms with van der Waals surface area (Å²) in [6.07, 6.45) is 2.98. The van der Waals surface area contributed by atoms with Gasteiger partial charge in [0.15, 0.2) is 0 Å². The second-order valence-corrected chi connectivity index (χ2v) is 7.40. The van der Waals surface area contributed by atoms with Gasteiger partial charge in [-0.3, -0.25) is 9.59 Å². The van der Waals surface area contributed by atoms with Crippen LogP contribution in [0.1, 0.15) is 56.0 Å². The summed E-state index contributed by atoms with van der Waals surface area (Å²) in [6, 6.07) is 4.92. The third-order valence-electron chi connectivity index (χ3n) is 5.36. The molecule has 0 saturated carbocycles. The van der Waals surface area contributed by atoms with Crippen molar-refractivity contribution in [3.63, 3.8) is 0 Å². The molecule has 0 radical (unpaired) electrons. The first-order chi connectivity index (χ1) is 11.8. The second kappa shape index (κ2) is 9.93. The third-order valence-corrected chi connectivity index (χ3v) is 5.36. The van der Waals surface area contributed by atoms with Gasteiger partial charge in [-0.15, -0.1) is 12.4 Å². The Morgan fingerprint density at radius 3 is 2.46 bits per heavy atom. The van der Waals surface area contributed by atoms with Gasteiger partial charge in [0.25, 0.3) is 5.91 Å². The number of likely N-dealkylation sites (tertiary alicyclic amines) is 1. The molecule has 1 aromatic carbocycles. The van der Waals surface area contributed by atoms with E-state index in [0.29, 0.717) is 17.2 Å². The first-order valence-electron chi connectivity index (χ1n) is 9.29. The van der Waals surface area contributed by atoms with Crippen molar-refractivity contribution < 1.29 is 9.59 Å². The highest BCUT2D eigenvalue weighted by molar-refractivity contribution is 5.98. The number of halogens is 1. The summed E-state index contributed by atoms with van der Waals surface area (Å²) in [6.45, 7) is 9.76. The van der Waals surface area contributed by atoms with Crippen LogP contribution in [0.5, 0.6) is 0 Å². The lowest BCUT2D eigenvalue weighted by Crippen LogP contribution is -2.40. The van der Waals surface area contributed by atoms with E-state index in [1.807, 2.05) is 31.7 Å². The van der Waals surface area contributed by atoms with Crippen LogP contribution in [0.2, 0.25) is 0 Å². The van der Waals surface area contributed by atoms with Gasteiger partial charge in [0.05, 0.1) is 6.04 Å². The largest absolute Gasteiger partial charge is 0.339 e. The topological polar surface area (TPSA) is 75.4 Å². The summed E-state index contributed by atoms with van der Waals surface area (Å²) in [7, 11) is 0. The highest BCUT2D eigenvalue weighted by Gasteiger charge is 2.23. The third kappa shape index (κ3) is 5.45.